The Morgan fingerprint density at radius 2 is 1.88 bits per heavy atom. The van der Waals surface area contributed by atoms with Gasteiger partial charge in [-0.2, -0.15) is 0 Å². The molecule has 0 radical (unpaired) electrons. The van der Waals surface area contributed by atoms with Crippen molar-refractivity contribution in [2.45, 2.75) is 38.6 Å². The van der Waals surface area contributed by atoms with Gasteiger partial charge < -0.3 is 24.8 Å². The molecular formula is C18H39IN4O3. The quantitative estimate of drug-likeness (QED) is 0.169. The van der Waals surface area contributed by atoms with Gasteiger partial charge in [-0.1, -0.05) is 13.3 Å². The van der Waals surface area contributed by atoms with Crippen LogP contribution in [0.5, 0.6) is 0 Å². The second-order valence-corrected chi connectivity index (χ2v) is 6.28. The second-order valence-electron chi connectivity index (χ2n) is 6.28. The first-order valence-electron chi connectivity index (χ1n) is 9.64. The monoisotopic (exact) mass is 486 g/mol. The van der Waals surface area contributed by atoms with E-state index in [-0.39, 0.29) is 24.0 Å². The molecule has 7 nitrogen and oxygen atoms in total. The minimum absolute atomic E-state index is 0. The maximum Gasteiger partial charge on any atom is 0.191 e. The van der Waals surface area contributed by atoms with E-state index in [0.717, 1.165) is 51.8 Å². The van der Waals surface area contributed by atoms with E-state index in [1.165, 1.54) is 19.3 Å². The smallest absolute Gasteiger partial charge is 0.191 e. The number of likely N-dealkylation sites (tertiary alicyclic amines) is 1. The molecule has 1 heterocycles. The molecule has 0 aromatic heterocycles. The summed E-state index contributed by atoms with van der Waals surface area (Å²) >= 11 is 0. The number of unbranched alkanes of at least 4 members (excludes halogenated alkanes) is 1. The van der Waals surface area contributed by atoms with E-state index in [1.807, 2.05) is 0 Å². The normalized spacial score (nSPS) is 18.0. The van der Waals surface area contributed by atoms with Crippen LogP contribution in [0.15, 0.2) is 4.99 Å². The first-order valence-corrected chi connectivity index (χ1v) is 9.64. The van der Waals surface area contributed by atoms with Crippen molar-refractivity contribution in [1.29, 1.82) is 0 Å². The molecule has 156 valence electrons. The van der Waals surface area contributed by atoms with Gasteiger partial charge in [-0.3, -0.25) is 9.89 Å². The van der Waals surface area contributed by atoms with Gasteiger partial charge in [0.05, 0.1) is 26.4 Å². The molecule has 1 fully saturated rings. The van der Waals surface area contributed by atoms with Crippen molar-refractivity contribution in [2.24, 2.45) is 4.99 Å². The van der Waals surface area contributed by atoms with Gasteiger partial charge >= 0.3 is 0 Å². The summed E-state index contributed by atoms with van der Waals surface area (Å²) in [6, 6.07) is 0.560. The van der Waals surface area contributed by atoms with Crippen LogP contribution in [-0.2, 0) is 14.2 Å². The van der Waals surface area contributed by atoms with Crippen molar-refractivity contribution >= 4 is 29.9 Å². The van der Waals surface area contributed by atoms with Crippen molar-refractivity contribution < 1.29 is 14.2 Å². The van der Waals surface area contributed by atoms with Crippen LogP contribution in [0.2, 0.25) is 0 Å². The SMILES string of the molecule is CCCCOCCOCCNC(=NC)NCC1CCCN1CCOC.I. The highest BCUT2D eigenvalue weighted by atomic mass is 127. The number of halogens is 1. The molecule has 0 aliphatic carbocycles. The standard InChI is InChI=1S/C18H38N4O3.HI/c1-4-5-11-24-14-15-25-12-8-20-18(19-2)21-16-17-7-6-9-22(17)10-13-23-3;/h17H,4-16H2,1-3H3,(H2,19,20,21);1H. The first-order chi connectivity index (χ1) is 12.3. The van der Waals surface area contributed by atoms with Crippen LogP contribution < -0.4 is 10.6 Å². The maximum atomic E-state index is 5.56. The first kappa shape index (κ1) is 25.8. The van der Waals surface area contributed by atoms with Crippen LogP contribution in [0.25, 0.3) is 0 Å². The van der Waals surface area contributed by atoms with Gasteiger partial charge in [0.15, 0.2) is 5.96 Å². The van der Waals surface area contributed by atoms with E-state index in [4.69, 9.17) is 14.2 Å². The molecule has 0 aromatic carbocycles. The molecule has 1 aliphatic rings. The molecular weight excluding hydrogens is 447 g/mol. The van der Waals surface area contributed by atoms with Gasteiger partial charge in [0.1, 0.15) is 0 Å². The molecule has 0 spiro atoms. The van der Waals surface area contributed by atoms with Crippen molar-refractivity contribution in [3.63, 3.8) is 0 Å². The lowest BCUT2D eigenvalue weighted by atomic mass is 10.2. The zero-order valence-electron chi connectivity index (χ0n) is 16.8. The Bertz CT molecular complexity index is 348. The van der Waals surface area contributed by atoms with Crippen LogP contribution in [0.1, 0.15) is 32.6 Å². The summed E-state index contributed by atoms with van der Waals surface area (Å²) in [4.78, 5) is 6.77. The van der Waals surface area contributed by atoms with Crippen molar-refractivity contribution in [1.82, 2.24) is 15.5 Å². The lowest BCUT2D eigenvalue weighted by Crippen LogP contribution is -2.46. The Morgan fingerprint density at radius 3 is 2.58 bits per heavy atom. The average molecular weight is 486 g/mol. The van der Waals surface area contributed by atoms with Crippen molar-refractivity contribution in [3.05, 3.63) is 0 Å². The zero-order chi connectivity index (χ0) is 18.2. The molecule has 1 unspecified atom stereocenters. The number of aliphatic imine (C=N–C) groups is 1. The topological polar surface area (TPSA) is 67.4 Å². The number of guanidine groups is 1. The summed E-state index contributed by atoms with van der Waals surface area (Å²) < 4.78 is 16.2. The van der Waals surface area contributed by atoms with Crippen LogP contribution in [0, 0.1) is 0 Å². The van der Waals surface area contributed by atoms with Crippen LogP contribution >= 0.6 is 24.0 Å². The van der Waals surface area contributed by atoms with E-state index < -0.39 is 0 Å². The number of methoxy groups -OCH3 is 1. The largest absolute Gasteiger partial charge is 0.383 e. The Morgan fingerprint density at radius 1 is 1.12 bits per heavy atom. The number of hydrogen-bond acceptors (Lipinski definition) is 5. The third-order valence-corrected chi connectivity index (χ3v) is 4.36. The third kappa shape index (κ3) is 12.3. The van der Waals surface area contributed by atoms with Gasteiger partial charge in [-0.25, -0.2) is 0 Å². The minimum Gasteiger partial charge on any atom is -0.383 e. The summed E-state index contributed by atoms with van der Waals surface area (Å²) in [6.45, 7) is 9.58. The van der Waals surface area contributed by atoms with Crippen molar-refractivity contribution in [3.8, 4) is 0 Å². The van der Waals surface area contributed by atoms with E-state index in [2.05, 4.69) is 27.4 Å². The third-order valence-electron chi connectivity index (χ3n) is 4.36. The number of nitrogens with one attached hydrogen (secondary N) is 2. The van der Waals surface area contributed by atoms with Crippen LogP contribution in [0.3, 0.4) is 0 Å². The van der Waals surface area contributed by atoms with Gasteiger partial charge in [-0.15, -0.1) is 24.0 Å². The molecule has 0 saturated carbocycles. The lowest BCUT2D eigenvalue weighted by molar-refractivity contribution is 0.0487. The summed E-state index contributed by atoms with van der Waals surface area (Å²) in [5, 5.41) is 6.71. The maximum absolute atomic E-state index is 5.56. The Labute approximate surface area is 176 Å². The minimum atomic E-state index is 0. The molecule has 1 rings (SSSR count). The van der Waals surface area contributed by atoms with Crippen LogP contribution in [0.4, 0.5) is 0 Å². The molecule has 2 N–H and O–H groups in total. The van der Waals surface area contributed by atoms with E-state index >= 15 is 0 Å². The van der Waals surface area contributed by atoms with E-state index in [1.54, 1.807) is 14.2 Å². The Kier molecular flexibility index (Phi) is 18.1. The Balaban J connectivity index is 0.00000625. The molecule has 1 aliphatic heterocycles. The zero-order valence-corrected chi connectivity index (χ0v) is 19.1. The van der Waals surface area contributed by atoms with Crippen molar-refractivity contribution in [2.75, 3.05) is 73.4 Å². The number of rotatable bonds is 14. The van der Waals surface area contributed by atoms with Gasteiger partial charge in [0, 0.05) is 46.4 Å². The number of nitrogens with zero attached hydrogens (tertiary/aromatic N) is 2. The second kappa shape index (κ2) is 18.2. The Hall–Kier alpha value is -0.160. The predicted octanol–water partition coefficient (Wildman–Crippen LogP) is 1.71. The highest BCUT2D eigenvalue weighted by Crippen LogP contribution is 2.15. The fourth-order valence-corrected chi connectivity index (χ4v) is 2.87. The molecule has 26 heavy (non-hydrogen) atoms. The average Bonchev–Trinajstić information content (AvgIpc) is 3.08. The van der Waals surface area contributed by atoms with Crippen LogP contribution in [-0.4, -0.2) is 90.3 Å². The number of ether oxygens (including phenoxy) is 3. The molecule has 0 aromatic rings. The fraction of sp³-hybridized carbons (Fsp3) is 0.944. The highest BCUT2D eigenvalue weighted by Gasteiger charge is 2.23. The van der Waals surface area contributed by atoms with Gasteiger partial charge in [-0.05, 0) is 25.8 Å². The van der Waals surface area contributed by atoms with Gasteiger partial charge in [0.25, 0.3) is 0 Å². The molecule has 1 saturated heterocycles. The highest BCUT2D eigenvalue weighted by molar-refractivity contribution is 14.0. The van der Waals surface area contributed by atoms with E-state index in [0.29, 0.717) is 25.9 Å². The summed E-state index contributed by atoms with van der Waals surface area (Å²) in [5.41, 5.74) is 0. The van der Waals surface area contributed by atoms with Gasteiger partial charge in [0.2, 0.25) is 0 Å². The molecule has 8 heteroatoms. The summed E-state index contributed by atoms with van der Waals surface area (Å²) in [5.74, 6) is 0.835. The summed E-state index contributed by atoms with van der Waals surface area (Å²) in [6.07, 6.45) is 4.78. The number of hydrogen-bond donors (Lipinski definition) is 2. The lowest BCUT2D eigenvalue weighted by Gasteiger charge is -2.25. The molecule has 0 bridgehead atoms. The summed E-state index contributed by atoms with van der Waals surface area (Å²) in [7, 11) is 3.56. The fourth-order valence-electron chi connectivity index (χ4n) is 2.87. The molecule has 1 atom stereocenters. The molecule has 0 amide bonds. The predicted molar refractivity (Wildman–Crippen MR) is 118 cm³/mol. The van der Waals surface area contributed by atoms with E-state index in [9.17, 15) is 0 Å².